The number of aromatic amines is 1. The normalized spacial score (nSPS) is 12.9. The third-order valence-electron chi connectivity index (χ3n) is 10.1. The van der Waals surface area contributed by atoms with Gasteiger partial charge < -0.3 is 25.4 Å². The summed E-state index contributed by atoms with van der Waals surface area (Å²) in [4.78, 5) is 46.0. The minimum absolute atomic E-state index is 0.270. The van der Waals surface area contributed by atoms with Crippen LogP contribution in [-0.4, -0.2) is 56.7 Å². The van der Waals surface area contributed by atoms with E-state index in [0.29, 0.717) is 34.4 Å². The Bertz CT molecular complexity index is 2730. The molecule has 0 saturated carbocycles. The Hall–Kier alpha value is -7.78. The van der Waals surface area contributed by atoms with Crippen LogP contribution in [0.4, 0.5) is 23.0 Å². The fourth-order valence-corrected chi connectivity index (χ4v) is 7.15. The molecule has 0 aliphatic carbocycles. The summed E-state index contributed by atoms with van der Waals surface area (Å²) < 4.78 is 0. The van der Waals surface area contributed by atoms with Crippen molar-refractivity contribution in [1.29, 1.82) is 0 Å². The molecule has 0 atom stereocenters. The lowest BCUT2D eigenvalue weighted by molar-refractivity contribution is 0.0976. The molecule has 0 unspecified atom stereocenters. The fourth-order valence-electron chi connectivity index (χ4n) is 7.15. The van der Waals surface area contributed by atoms with E-state index in [0.717, 1.165) is 55.9 Å². The number of amidine groups is 2. The zero-order valence-corrected chi connectivity index (χ0v) is 33.3. The van der Waals surface area contributed by atoms with Gasteiger partial charge in [0.15, 0.2) is 5.84 Å². The van der Waals surface area contributed by atoms with Gasteiger partial charge in [-0.05, 0) is 70.8 Å². The zero-order valence-electron chi connectivity index (χ0n) is 33.3. The molecule has 9 nitrogen and oxygen atoms in total. The lowest BCUT2D eigenvalue weighted by Gasteiger charge is -2.16. The largest absolute Gasteiger partial charge is 0.378 e. The second-order valence-electron chi connectivity index (χ2n) is 14.5. The molecule has 0 fully saturated rings. The van der Waals surface area contributed by atoms with Gasteiger partial charge in [-0.15, -0.1) is 0 Å². The smallest absolute Gasteiger partial charge is 0.256 e. The molecule has 7 aromatic rings. The average molecular weight is 774 g/mol. The van der Waals surface area contributed by atoms with Crippen LogP contribution < -0.4 is 20.4 Å². The predicted molar refractivity (Wildman–Crippen MR) is 243 cm³/mol. The van der Waals surface area contributed by atoms with E-state index in [-0.39, 0.29) is 11.8 Å². The molecule has 8 rings (SSSR count). The first-order valence-electron chi connectivity index (χ1n) is 19.3. The second-order valence-corrected chi connectivity index (χ2v) is 14.5. The summed E-state index contributed by atoms with van der Waals surface area (Å²) in [6.45, 7) is 0. The van der Waals surface area contributed by atoms with E-state index < -0.39 is 0 Å². The van der Waals surface area contributed by atoms with Crippen LogP contribution in [0.2, 0.25) is 0 Å². The van der Waals surface area contributed by atoms with Crippen molar-refractivity contribution in [1.82, 2.24) is 10.3 Å². The maximum absolute atomic E-state index is 13.9. The van der Waals surface area contributed by atoms with Gasteiger partial charge in [-0.2, -0.15) is 0 Å². The van der Waals surface area contributed by atoms with E-state index in [1.54, 1.807) is 24.3 Å². The van der Waals surface area contributed by atoms with Crippen molar-refractivity contribution in [2.75, 3.05) is 43.3 Å². The van der Waals surface area contributed by atoms with Crippen LogP contribution >= 0.6 is 0 Å². The van der Waals surface area contributed by atoms with Gasteiger partial charge in [0, 0.05) is 73.0 Å². The summed E-state index contributed by atoms with van der Waals surface area (Å²) >= 11 is 0. The summed E-state index contributed by atoms with van der Waals surface area (Å²) in [6.07, 6.45) is 0. The van der Waals surface area contributed by atoms with E-state index in [2.05, 4.69) is 27.8 Å². The predicted octanol–water partition coefficient (Wildman–Crippen LogP) is 10.2. The number of nitrogens with one attached hydrogen (secondary N) is 3. The van der Waals surface area contributed by atoms with Gasteiger partial charge in [0.25, 0.3) is 11.8 Å². The van der Waals surface area contributed by atoms with Crippen molar-refractivity contribution in [3.05, 3.63) is 192 Å². The number of nitrogens with zero attached hydrogens (tertiary/aromatic N) is 4. The lowest BCUT2D eigenvalue weighted by atomic mass is 9.94. The first-order chi connectivity index (χ1) is 28.7. The summed E-state index contributed by atoms with van der Waals surface area (Å²) in [6, 6.07) is 54.5. The molecule has 0 bridgehead atoms. The van der Waals surface area contributed by atoms with Crippen molar-refractivity contribution >= 4 is 57.6 Å². The van der Waals surface area contributed by atoms with Crippen LogP contribution in [0.1, 0.15) is 31.8 Å². The minimum Gasteiger partial charge on any atom is -0.378 e. The Morgan fingerprint density at radius 2 is 0.983 bits per heavy atom. The quantitative estimate of drug-likeness (QED) is 0.129. The summed E-state index contributed by atoms with van der Waals surface area (Å²) in [5.41, 5.74) is 9.51. The molecule has 2 heterocycles. The molecule has 3 N–H and O–H groups in total. The summed E-state index contributed by atoms with van der Waals surface area (Å²) in [5.74, 6) is 1.16. The van der Waals surface area contributed by atoms with Gasteiger partial charge in [-0.25, -0.2) is 9.98 Å². The highest BCUT2D eigenvalue weighted by Gasteiger charge is 2.31. The number of hydrogen-bond donors (Lipinski definition) is 3. The Morgan fingerprint density at radius 3 is 1.54 bits per heavy atom. The van der Waals surface area contributed by atoms with Crippen LogP contribution in [-0.2, 0) is 0 Å². The monoisotopic (exact) mass is 773 g/mol. The molecule has 59 heavy (non-hydrogen) atoms. The van der Waals surface area contributed by atoms with E-state index in [4.69, 9.17) is 9.98 Å². The zero-order chi connectivity index (χ0) is 40.9. The second kappa shape index (κ2) is 16.8. The highest BCUT2D eigenvalue weighted by Crippen LogP contribution is 2.46. The van der Waals surface area contributed by atoms with Crippen LogP contribution in [0.15, 0.2) is 180 Å². The maximum atomic E-state index is 13.9. The molecular weight excluding hydrogens is 731 g/mol. The Morgan fingerprint density at radius 1 is 0.508 bits per heavy atom. The number of amides is 2. The van der Waals surface area contributed by atoms with Crippen molar-refractivity contribution in [2.45, 2.75) is 0 Å². The number of aromatic nitrogens is 1. The van der Waals surface area contributed by atoms with Crippen molar-refractivity contribution in [3.8, 4) is 22.3 Å². The van der Waals surface area contributed by atoms with E-state index in [9.17, 15) is 9.59 Å². The van der Waals surface area contributed by atoms with Crippen molar-refractivity contribution < 1.29 is 9.59 Å². The molecular formula is C50H43N7O2. The van der Waals surface area contributed by atoms with E-state index in [1.807, 2.05) is 171 Å². The molecule has 290 valence electrons. The molecule has 0 spiro atoms. The number of carbonyl (C=O) groups excluding carboxylic acids is 2. The molecule has 1 aromatic heterocycles. The number of aliphatic imine (C=N–C) groups is 2. The van der Waals surface area contributed by atoms with E-state index in [1.165, 1.54) is 0 Å². The maximum Gasteiger partial charge on any atom is 0.256 e. The van der Waals surface area contributed by atoms with Crippen molar-refractivity contribution in [3.63, 3.8) is 0 Å². The first kappa shape index (κ1) is 38.1. The molecule has 0 saturated heterocycles. The van der Waals surface area contributed by atoms with Gasteiger partial charge in [0.2, 0.25) is 0 Å². The highest BCUT2D eigenvalue weighted by atomic mass is 16.2. The first-order valence-corrected chi connectivity index (χ1v) is 19.3. The van der Waals surface area contributed by atoms with Gasteiger partial charge in [0.05, 0.1) is 0 Å². The third kappa shape index (κ3) is 8.08. The number of hydrogen-bond acceptors (Lipinski definition) is 5. The Kier molecular flexibility index (Phi) is 10.8. The number of anilines is 3. The SMILES string of the molecule is CN(C)c1cccc(C2=C(c3ccccc3)C(=Nc3[nH]c(NC(=O)c4ccccc4)c(-c4cccc(N(C)C)c4)c3-c3ccccc3)N=C2NC(=O)c2ccccc2)c1. The van der Waals surface area contributed by atoms with Crippen molar-refractivity contribution in [2.24, 2.45) is 9.98 Å². The number of carbonyl (C=O) groups is 2. The van der Waals surface area contributed by atoms with E-state index >= 15 is 0 Å². The lowest BCUT2D eigenvalue weighted by Crippen LogP contribution is -2.30. The van der Waals surface area contributed by atoms with Gasteiger partial charge in [-0.3, -0.25) is 9.59 Å². The Balaban J connectivity index is 1.41. The van der Waals surface area contributed by atoms with Crippen LogP contribution in [0, 0.1) is 0 Å². The molecule has 6 aromatic carbocycles. The fraction of sp³-hybridized carbons (Fsp3) is 0.0800. The number of rotatable bonds is 10. The van der Waals surface area contributed by atoms with Gasteiger partial charge in [0.1, 0.15) is 17.5 Å². The third-order valence-corrected chi connectivity index (χ3v) is 10.1. The van der Waals surface area contributed by atoms with Crippen LogP contribution in [0.3, 0.4) is 0 Å². The van der Waals surface area contributed by atoms with Crippen LogP contribution in [0.25, 0.3) is 33.4 Å². The Labute approximate surface area is 344 Å². The topological polar surface area (TPSA) is 105 Å². The highest BCUT2D eigenvalue weighted by molar-refractivity contribution is 6.51. The molecule has 9 heteroatoms. The standard InChI is InChI=1S/C50H43N7O2/c1-56(2)39-29-17-27-37(31-39)43-41(33-19-9-5-10-20-33)45(52-47(43)54-49(58)35-23-13-7-14-24-35)51-46-42(34-21-11-6-12-22-34)44(38-28-18-30-40(32-38)57(3)4)48(53-46)55-50(59)36-25-15-8-16-26-36/h5-32,52H,1-4H3,(H,54,58)(H,51,53,55,59). The average Bonchev–Trinajstić information content (AvgIpc) is 3.81. The molecule has 1 aliphatic heterocycles. The molecule has 2 amide bonds. The molecule has 1 aliphatic rings. The molecule has 0 radical (unpaired) electrons. The summed E-state index contributed by atoms with van der Waals surface area (Å²) in [7, 11) is 7.99. The van der Waals surface area contributed by atoms with Gasteiger partial charge >= 0.3 is 0 Å². The van der Waals surface area contributed by atoms with Crippen LogP contribution in [0.5, 0.6) is 0 Å². The summed E-state index contributed by atoms with van der Waals surface area (Å²) in [5, 5.41) is 6.33. The van der Waals surface area contributed by atoms with Gasteiger partial charge in [-0.1, -0.05) is 121 Å². The number of H-pyrrole nitrogens is 1. The minimum atomic E-state index is -0.293. The number of benzene rings is 6.